The highest BCUT2D eigenvalue weighted by Crippen LogP contribution is 2.26. The number of amides is 2. The molecule has 1 aliphatic heterocycles. The lowest BCUT2D eigenvalue weighted by Gasteiger charge is -2.37. The fourth-order valence-electron chi connectivity index (χ4n) is 3.96. The van der Waals surface area contributed by atoms with Crippen LogP contribution in [0.4, 0.5) is 25.0 Å². The van der Waals surface area contributed by atoms with Gasteiger partial charge in [-0.1, -0.05) is 0 Å². The normalized spacial score (nSPS) is 14.5. The van der Waals surface area contributed by atoms with Gasteiger partial charge in [-0.2, -0.15) is 0 Å². The number of hydrogen-bond acceptors (Lipinski definition) is 3. The summed E-state index contributed by atoms with van der Waals surface area (Å²) in [6, 6.07) is 12.9. The van der Waals surface area contributed by atoms with Gasteiger partial charge in [0.05, 0.1) is 0 Å². The molecule has 2 amide bonds. The molecule has 0 unspecified atom stereocenters. The number of carbonyl (C=O) groups excluding carboxylic acids is 1. The largest absolute Gasteiger partial charge is 0.341 e. The van der Waals surface area contributed by atoms with Gasteiger partial charge in [-0.15, -0.1) is 0 Å². The van der Waals surface area contributed by atoms with Crippen LogP contribution >= 0.6 is 0 Å². The molecule has 0 bridgehead atoms. The lowest BCUT2D eigenvalue weighted by Crippen LogP contribution is -2.53. The monoisotopic (exact) mass is 430 g/mol. The molecule has 0 N–H and O–H groups in total. The van der Waals surface area contributed by atoms with Crippen LogP contribution in [0.2, 0.25) is 0 Å². The molecule has 7 heteroatoms. The summed E-state index contributed by atoms with van der Waals surface area (Å²) in [6.07, 6.45) is 0.902. The number of urea groups is 1. The Labute approximate surface area is 183 Å². The van der Waals surface area contributed by atoms with Gasteiger partial charge in [-0.05, 0) is 75.3 Å². The van der Waals surface area contributed by atoms with E-state index in [-0.39, 0.29) is 17.7 Å². The maximum atomic E-state index is 13.4. The molecule has 0 radical (unpaired) electrons. The molecule has 1 heterocycles. The molecule has 168 valence electrons. The molecular formula is C24H32F2N4O. The third kappa shape index (κ3) is 6.17. The summed E-state index contributed by atoms with van der Waals surface area (Å²) in [5.41, 5.74) is 1.75. The molecule has 1 saturated heterocycles. The van der Waals surface area contributed by atoms with Gasteiger partial charge in [0.25, 0.3) is 0 Å². The van der Waals surface area contributed by atoms with Crippen molar-refractivity contribution < 1.29 is 13.6 Å². The summed E-state index contributed by atoms with van der Waals surface area (Å²) in [5, 5.41) is 0. The zero-order valence-corrected chi connectivity index (χ0v) is 18.4. The van der Waals surface area contributed by atoms with Crippen LogP contribution in [0.25, 0.3) is 0 Å². The Balaban J connectivity index is 1.55. The second kappa shape index (κ2) is 11.1. The predicted octanol–water partition coefficient (Wildman–Crippen LogP) is 4.57. The third-order valence-corrected chi connectivity index (χ3v) is 5.81. The molecule has 0 atom stereocenters. The van der Waals surface area contributed by atoms with Crippen molar-refractivity contribution in [1.29, 1.82) is 0 Å². The summed E-state index contributed by atoms with van der Waals surface area (Å²) in [5.74, 6) is -0.556. The van der Waals surface area contributed by atoms with Gasteiger partial charge in [-0.25, -0.2) is 13.6 Å². The highest BCUT2D eigenvalue weighted by Gasteiger charge is 2.23. The number of nitrogens with zero attached hydrogens (tertiary/aromatic N) is 4. The Kier molecular flexibility index (Phi) is 8.23. The average molecular weight is 431 g/mol. The number of anilines is 2. The van der Waals surface area contributed by atoms with E-state index in [1.807, 2.05) is 23.6 Å². The Morgan fingerprint density at radius 1 is 0.839 bits per heavy atom. The Bertz CT molecular complexity index is 771. The van der Waals surface area contributed by atoms with E-state index in [2.05, 4.69) is 9.80 Å². The van der Waals surface area contributed by atoms with E-state index in [1.165, 1.54) is 24.3 Å². The number of hydrogen-bond donors (Lipinski definition) is 0. The molecule has 1 aliphatic rings. The van der Waals surface area contributed by atoms with Crippen molar-refractivity contribution in [3.63, 3.8) is 0 Å². The average Bonchev–Trinajstić information content (AvgIpc) is 2.79. The van der Waals surface area contributed by atoms with Crippen LogP contribution in [0.3, 0.4) is 0 Å². The van der Waals surface area contributed by atoms with Crippen LogP contribution in [0, 0.1) is 11.6 Å². The number of piperazine rings is 1. The molecule has 31 heavy (non-hydrogen) atoms. The first-order chi connectivity index (χ1) is 15.0. The van der Waals surface area contributed by atoms with Crippen molar-refractivity contribution in [1.82, 2.24) is 14.7 Å². The van der Waals surface area contributed by atoms with Crippen LogP contribution in [0.5, 0.6) is 0 Å². The summed E-state index contributed by atoms with van der Waals surface area (Å²) in [4.78, 5) is 20.8. The van der Waals surface area contributed by atoms with Gasteiger partial charge in [0.1, 0.15) is 11.6 Å². The summed E-state index contributed by atoms with van der Waals surface area (Å²) < 4.78 is 26.8. The summed E-state index contributed by atoms with van der Waals surface area (Å²) >= 11 is 0. The van der Waals surface area contributed by atoms with E-state index >= 15 is 0 Å². The quantitative estimate of drug-likeness (QED) is 0.614. The second-order valence-corrected chi connectivity index (χ2v) is 7.74. The summed E-state index contributed by atoms with van der Waals surface area (Å²) in [7, 11) is 0. The van der Waals surface area contributed by atoms with Crippen LogP contribution in [-0.2, 0) is 0 Å². The molecular weight excluding hydrogens is 398 g/mol. The van der Waals surface area contributed by atoms with Crippen LogP contribution in [0.15, 0.2) is 48.5 Å². The van der Waals surface area contributed by atoms with Crippen LogP contribution < -0.4 is 4.90 Å². The van der Waals surface area contributed by atoms with Gasteiger partial charge in [-0.3, -0.25) is 4.90 Å². The maximum absolute atomic E-state index is 13.4. The fraction of sp³-hybridized carbons (Fsp3) is 0.458. The Hall–Kier alpha value is -2.67. The highest BCUT2D eigenvalue weighted by atomic mass is 19.1. The predicted molar refractivity (Wildman–Crippen MR) is 121 cm³/mol. The van der Waals surface area contributed by atoms with E-state index in [4.69, 9.17) is 0 Å². The Morgan fingerprint density at radius 2 is 1.32 bits per heavy atom. The second-order valence-electron chi connectivity index (χ2n) is 7.74. The molecule has 0 aliphatic carbocycles. The zero-order chi connectivity index (χ0) is 22.2. The standard InChI is InChI=1S/C24H32F2N4O/c1-3-28(4-2)24(31)29-18-16-27(17-19-29)14-5-15-30(22-10-6-20(25)7-11-22)23-12-8-21(26)9-13-23/h6-13H,3-5,14-19H2,1-2H3. The lowest BCUT2D eigenvalue weighted by atomic mass is 10.2. The fourth-order valence-corrected chi connectivity index (χ4v) is 3.96. The van der Waals surface area contributed by atoms with Gasteiger partial charge in [0.15, 0.2) is 0 Å². The van der Waals surface area contributed by atoms with E-state index < -0.39 is 0 Å². The van der Waals surface area contributed by atoms with Gasteiger partial charge >= 0.3 is 6.03 Å². The van der Waals surface area contributed by atoms with Gasteiger partial charge in [0.2, 0.25) is 0 Å². The molecule has 0 spiro atoms. The minimum atomic E-state index is -0.278. The minimum absolute atomic E-state index is 0.128. The van der Waals surface area contributed by atoms with Gasteiger partial charge < -0.3 is 14.7 Å². The first-order valence-corrected chi connectivity index (χ1v) is 11.1. The molecule has 1 fully saturated rings. The maximum Gasteiger partial charge on any atom is 0.320 e. The van der Waals surface area contributed by atoms with Crippen molar-refractivity contribution in [2.75, 3.05) is 57.3 Å². The van der Waals surface area contributed by atoms with Gasteiger partial charge in [0, 0.05) is 57.2 Å². The van der Waals surface area contributed by atoms with E-state index in [0.29, 0.717) is 0 Å². The van der Waals surface area contributed by atoms with E-state index in [1.54, 1.807) is 24.3 Å². The third-order valence-electron chi connectivity index (χ3n) is 5.81. The lowest BCUT2D eigenvalue weighted by molar-refractivity contribution is 0.115. The Morgan fingerprint density at radius 3 is 1.77 bits per heavy atom. The number of benzene rings is 2. The molecule has 0 saturated carbocycles. The minimum Gasteiger partial charge on any atom is -0.341 e. The molecule has 0 aromatic heterocycles. The first-order valence-electron chi connectivity index (χ1n) is 11.1. The van der Waals surface area contributed by atoms with Crippen LogP contribution in [-0.4, -0.2) is 73.1 Å². The summed E-state index contributed by atoms with van der Waals surface area (Å²) in [6.45, 7) is 10.3. The SMILES string of the molecule is CCN(CC)C(=O)N1CCN(CCCN(c2ccc(F)cc2)c2ccc(F)cc2)CC1. The molecule has 5 nitrogen and oxygen atoms in total. The first kappa shape index (κ1) is 23.0. The number of halogens is 2. The van der Waals surface area contributed by atoms with Crippen LogP contribution in [0.1, 0.15) is 20.3 Å². The number of carbonyl (C=O) groups is 1. The zero-order valence-electron chi connectivity index (χ0n) is 18.4. The van der Waals surface area contributed by atoms with Crippen molar-refractivity contribution in [2.45, 2.75) is 20.3 Å². The molecule has 2 aromatic rings. The van der Waals surface area contributed by atoms with Crippen molar-refractivity contribution in [3.8, 4) is 0 Å². The van der Waals surface area contributed by atoms with Crippen molar-refractivity contribution in [2.24, 2.45) is 0 Å². The number of rotatable bonds is 8. The van der Waals surface area contributed by atoms with Crippen molar-refractivity contribution >= 4 is 17.4 Å². The van der Waals surface area contributed by atoms with Crippen molar-refractivity contribution in [3.05, 3.63) is 60.2 Å². The topological polar surface area (TPSA) is 30.0 Å². The molecule has 2 aromatic carbocycles. The molecule has 3 rings (SSSR count). The highest BCUT2D eigenvalue weighted by molar-refractivity contribution is 5.74. The van der Waals surface area contributed by atoms with E-state index in [0.717, 1.165) is 70.2 Å². The van der Waals surface area contributed by atoms with E-state index in [9.17, 15) is 13.6 Å². The smallest absolute Gasteiger partial charge is 0.320 e.